The van der Waals surface area contributed by atoms with Crippen LogP contribution in [0.3, 0.4) is 0 Å². The molecule has 3 aromatic rings. The molecule has 0 spiro atoms. The Hall–Kier alpha value is -3.34. The highest BCUT2D eigenvalue weighted by molar-refractivity contribution is 6.01. The highest BCUT2D eigenvalue weighted by atomic mass is 16.5. The van der Waals surface area contributed by atoms with E-state index >= 15 is 0 Å². The minimum atomic E-state index is -0.584. The number of Topliss-reactive ketones (excluding diaryl/α,β-unsaturated/α-hetero) is 1. The largest absolute Gasteiger partial charge is 0.508 e. The number of phenolic OH excluding ortho intramolecular Hbond substituents is 1. The van der Waals surface area contributed by atoms with Gasteiger partial charge in [0.15, 0.2) is 5.78 Å². The van der Waals surface area contributed by atoms with Gasteiger partial charge in [-0.25, -0.2) is 4.79 Å². The average molecular weight is 388 g/mol. The molecule has 1 atom stereocenters. The molecule has 1 aromatic heterocycles. The molecule has 5 rings (SSSR count). The van der Waals surface area contributed by atoms with E-state index < -0.39 is 11.5 Å². The van der Waals surface area contributed by atoms with E-state index in [1.807, 2.05) is 26.0 Å². The first-order chi connectivity index (χ1) is 13.8. The Morgan fingerprint density at radius 2 is 1.72 bits per heavy atom. The summed E-state index contributed by atoms with van der Waals surface area (Å²) in [6, 6.07) is 13.8. The van der Waals surface area contributed by atoms with Gasteiger partial charge in [0.1, 0.15) is 22.8 Å². The number of fused-ring (bicyclic) bond motifs is 3. The van der Waals surface area contributed by atoms with Crippen molar-refractivity contribution in [3.05, 3.63) is 81.4 Å². The fourth-order valence-corrected chi connectivity index (χ4v) is 4.45. The summed E-state index contributed by atoms with van der Waals surface area (Å²) in [5.74, 6) is 0.593. The number of rotatable bonds is 1. The second kappa shape index (κ2) is 6.08. The van der Waals surface area contributed by atoms with Gasteiger partial charge in [0.2, 0.25) is 0 Å². The van der Waals surface area contributed by atoms with Crippen LogP contribution in [0.15, 0.2) is 69.1 Å². The van der Waals surface area contributed by atoms with Crippen LogP contribution in [0, 0.1) is 5.41 Å². The number of hydrogen-bond donors (Lipinski definition) is 1. The Kier molecular flexibility index (Phi) is 3.72. The molecule has 0 fully saturated rings. The van der Waals surface area contributed by atoms with E-state index in [0.717, 1.165) is 5.56 Å². The van der Waals surface area contributed by atoms with Gasteiger partial charge in [0.05, 0.1) is 16.9 Å². The van der Waals surface area contributed by atoms with Crippen LogP contribution in [0.5, 0.6) is 11.5 Å². The third-order valence-corrected chi connectivity index (χ3v) is 5.71. The van der Waals surface area contributed by atoms with Crippen molar-refractivity contribution >= 4 is 16.8 Å². The Morgan fingerprint density at radius 3 is 2.48 bits per heavy atom. The van der Waals surface area contributed by atoms with Crippen molar-refractivity contribution in [3.63, 3.8) is 0 Å². The van der Waals surface area contributed by atoms with Gasteiger partial charge in [-0.1, -0.05) is 38.1 Å². The number of allylic oxidation sites excluding steroid dienone is 2. The number of ether oxygens (including phenoxy) is 1. The normalized spacial score (nSPS) is 20.2. The lowest BCUT2D eigenvalue weighted by molar-refractivity contribution is -0.118. The zero-order valence-corrected chi connectivity index (χ0v) is 16.2. The lowest BCUT2D eigenvalue weighted by Gasteiger charge is -2.38. The molecule has 5 nitrogen and oxygen atoms in total. The number of para-hydroxylation sites is 1. The standard InChI is InChI=1S/C24H20O5/c1-24(2)11-16(26)20-18(12-24)28-22-15-5-3-4-6-17(15)29-23(27)21(22)19(20)13-7-9-14(25)10-8-13/h3-10,19,25H,11-12H2,1-2H3. The van der Waals surface area contributed by atoms with Crippen LogP contribution in [0.1, 0.15) is 43.7 Å². The maximum absolute atomic E-state index is 13.2. The smallest absolute Gasteiger partial charge is 0.344 e. The molecule has 0 amide bonds. The molecule has 0 saturated carbocycles. The lowest BCUT2D eigenvalue weighted by Crippen LogP contribution is -2.34. The second-order valence-corrected chi connectivity index (χ2v) is 8.53. The number of benzene rings is 2. The minimum Gasteiger partial charge on any atom is -0.508 e. The predicted molar refractivity (Wildman–Crippen MR) is 108 cm³/mol. The minimum absolute atomic E-state index is 0.0208. The highest BCUT2D eigenvalue weighted by Crippen LogP contribution is 2.50. The number of carbonyl (C=O) groups excluding carboxylic acids is 1. The van der Waals surface area contributed by atoms with Crippen molar-refractivity contribution in [2.24, 2.45) is 5.41 Å². The first-order valence-corrected chi connectivity index (χ1v) is 9.63. The fourth-order valence-electron chi connectivity index (χ4n) is 4.45. The van der Waals surface area contributed by atoms with E-state index in [4.69, 9.17) is 9.15 Å². The van der Waals surface area contributed by atoms with Crippen molar-refractivity contribution in [1.29, 1.82) is 0 Å². The van der Waals surface area contributed by atoms with Gasteiger partial charge < -0.3 is 14.3 Å². The van der Waals surface area contributed by atoms with Gasteiger partial charge in [0.25, 0.3) is 0 Å². The van der Waals surface area contributed by atoms with E-state index in [9.17, 15) is 14.7 Å². The van der Waals surface area contributed by atoms with E-state index in [-0.39, 0.29) is 16.9 Å². The Morgan fingerprint density at radius 1 is 1.00 bits per heavy atom. The van der Waals surface area contributed by atoms with Gasteiger partial charge in [-0.2, -0.15) is 0 Å². The predicted octanol–water partition coefficient (Wildman–Crippen LogP) is 4.67. The molecule has 0 radical (unpaired) electrons. The SMILES string of the molecule is CC1(C)CC(=O)C2=C(C1)Oc1c(c(=O)oc3ccccc13)C2c1ccc(O)cc1. The van der Waals surface area contributed by atoms with Crippen LogP contribution in [-0.2, 0) is 4.79 Å². The zero-order valence-electron chi connectivity index (χ0n) is 16.2. The second-order valence-electron chi connectivity index (χ2n) is 8.53. The molecular weight excluding hydrogens is 368 g/mol. The molecular formula is C24H20O5. The van der Waals surface area contributed by atoms with Crippen molar-refractivity contribution in [2.45, 2.75) is 32.6 Å². The van der Waals surface area contributed by atoms with Gasteiger partial charge in [-0.3, -0.25) is 4.79 Å². The Labute approximate surface area is 167 Å². The van der Waals surface area contributed by atoms with Crippen LogP contribution in [-0.4, -0.2) is 10.9 Å². The Balaban J connectivity index is 1.84. The van der Waals surface area contributed by atoms with Crippen LogP contribution in [0.25, 0.3) is 11.0 Å². The monoisotopic (exact) mass is 388 g/mol. The summed E-state index contributed by atoms with van der Waals surface area (Å²) in [6.45, 7) is 4.08. The number of hydrogen-bond acceptors (Lipinski definition) is 5. The summed E-state index contributed by atoms with van der Waals surface area (Å²) in [5, 5.41) is 10.4. The topological polar surface area (TPSA) is 76.7 Å². The Bertz CT molecular complexity index is 1240. The molecule has 29 heavy (non-hydrogen) atoms. The number of ketones is 1. The summed E-state index contributed by atoms with van der Waals surface area (Å²) >= 11 is 0. The summed E-state index contributed by atoms with van der Waals surface area (Å²) in [4.78, 5) is 26.2. The molecule has 1 N–H and O–H groups in total. The van der Waals surface area contributed by atoms with E-state index in [1.165, 1.54) is 0 Å². The maximum Gasteiger partial charge on any atom is 0.344 e. The molecule has 0 bridgehead atoms. The van der Waals surface area contributed by atoms with Crippen molar-refractivity contribution in [1.82, 2.24) is 0 Å². The van der Waals surface area contributed by atoms with Crippen molar-refractivity contribution in [3.8, 4) is 11.5 Å². The third-order valence-electron chi connectivity index (χ3n) is 5.71. The summed E-state index contributed by atoms with van der Waals surface area (Å²) in [6.07, 6.45) is 0.995. The fraction of sp³-hybridized carbons (Fsp3) is 0.250. The number of aromatic hydroxyl groups is 1. The van der Waals surface area contributed by atoms with Gasteiger partial charge in [0, 0.05) is 18.4 Å². The van der Waals surface area contributed by atoms with Gasteiger partial charge >= 0.3 is 5.63 Å². The van der Waals surface area contributed by atoms with E-state index in [0.29, 0.717) is 46.5 Å². The van der Waals surface area contributed by atoms with Gasteiger partial charge in [-0.05, 0) is 35.2 Å². The summed E-state index contributed by atoms with van der Waals surface area (Å²) in [5.41, 5.74) is 1.32. The number of phenols is 1. The van der Waals surface area contributed by atoms with Crippen LogP contribution in [0.2, 0.25) is 0 Å². The third kappa shape index (κ3) is 2.77. The van der Waals surface area contributed by atoms with Crippen LogP contribution >= 0.6 is 0 Å². The van der Waals surface area contributed by atoms with Crippen molar-refractivity contribution in [2.75, 3.05) is 0 Å². The lowest BCUT2D eigenvalue weighted by atomic mass is 9.70. The van der Waals surface area contributed by atoms with E-state index in [1.54, 1.807) is 36.4 Å². The average Bonchev–Trinajstić information content (AvgIpc) is 2.66. The first-order valence-electron chi connectivity index (χ1n) is 9.63. The summed E-state index contributed by atoms with van der Waals surface area (Å²) in [7, 11) is 0. The molecule has 0 saturated heterocycles. The molecule has 1 unspecified atom stereocenters. The molecule has 1 aliphatic carbocycles. The van der Waals surface area contributed by atoms with Gasteiger partial charge in [-0.15, -0.1) is 0 Å². The van der Waals surface area contributed by atoms with Crippen LogP contribution < -0.4 is 10.4 Å². The van der Waals surface area contributed by atoms with E-state index in [2.05, 4.69) is 0 Å². The number of carbonyl (C=O) groups is 1. The molecule has 146 valence electrons. The maximum atomic E-state index is 13.2. The zero-order chi connectivity index (χ0) is 20.3. The molecule has 2 aliphatic rings. The highest BCUT2D eigenvalue weighted by Gasteiger charge is 2.44. The molecule has 2 aromatic carbocycles. The van der Waals surface area contributed by atoms with Crippen molar-refractivity contribution < 1.29 is 19.1 Å². The molecule has 2 heterocycles. The first kappa shape index (κ1) is 17.7. The molecule has 5 heteroatoms. The summed E-state index contributed by atoms with van der Waals surface area (Å²) < 4.78 is 11.8. The quantitative estimate of drug-likeness (QED) is 0.613. The molecule has 1 aliphatic heterocycles. The van der Waals surface area contributed by atoms with Crippen LogP contribution in [0.4, 0.5) is 0 Å².